The molecule has 7 heteroatoms. The summed E-state index contributed by atoms with van der Waals surface area (Å²) in [7, 11) is 0. The third-order valence-corrected chi connectivity index (χ3v) is 3.35. The van der Waals surface area contributed by atoms with E-state index in [9.17, 15) is 14.4 Å². The Bertz CT molecular complexity index is 711. The minimum atomic E-state index is -1.03. The molecule has 0 heterocycles. The molecule has 1 aromatic rings. The molecule has 0 aliphatic heterocycles. The lowest BCUT2D eigenvalue weighted by Gasteiger charge is -2.09. The number of ether oxygens (including phenoxy) is 2. The SMILES string of the molecule is C=C(C)C(=O)OC(=O)C(=C)C.C=C(CCc1ccccc1)C(=O)OCC(O)CO. The van der Waals surface area contributed by atoms with Crippen molar-refractivity contribution in [3.8, 4) is 0 Å². The van der Waals surface area contributed by atoms with E-state index in [1.54, 1.807) is 0 Å². The van der Waals surface area contributed by atoms with E-state index in [0.29, 0.717) is 12.0 Å². The van der Waals surface area contributed by atoms with Gasteiger partial charge in [0.25, 0.3) is 0 Å². The van der Waals surface area contributed by atoms with Gasteiger partial charge < -0.3 is 19.7 Å². The molecular formula is C22H28O7. The quantitative estimate of drug-likeness (QED) is 0.369. The van der Waals surface area contributed by atoms with Crippen molar-refractivity contribution in [3.63, 3.8) is 0 Å². The molecule has 0 spiro atoms. The van der Waals surface area contributed by atoms with Gasteiger partial charge in [-0.3, -0.25) is 0 Å². The highest BCUT2D eigenvalue weighted by Gasteiger charge is 2.11. The first kappa shape index (κ1) is 26.0. The molecule has 29 heavy (non-hydrogen) atoms. The summed E-state index contributed by atoms with van der Waals surface area (Å²) in [5, 5.41) is 17.6. The highest BCUT2D eigenvalue weighted by Crippen LogP contribution is 2.09. The molecule has 1 aromatic carbocycles. The smallest absolute Gasteiger partial charge is 0.340 e. The molecule has 2 N–H and O–H groups in total. The zero-order valence-corrected chi connectivity index (χ0v) is 16.8. The van der Waals surface area contributed by atoms with Gasteiger partial charge in [-0.25, -0.2) is 14.4 Å². The second-order valence-corrected chi connectivity index (χ2v) is 6.26. The molecule has 7 nitrogen and oxygen atoms in total. The molecule has 158 valence electrons. The Morgan fingerprint density at radius 2 is 1.48 bits per heavy atom. The third-order valence-electron chi connectivity index (χ3n) is 3.35. The van der Waals surface area contributed by atoms with Crippen molar-refractivity contribution in [3.05, 3.63) is 72.4 Å². The average Bonchev–Trinajstić information content (AvgIpc) is 2.70. The molecule has 0 fully saturated rings. The molecule has 0 aliphatic carbocycles. The first-order chi connectivity index (χ1) is 13.6. The lowest BCUT2D eigenvalue weighted by Crippen LogP contribution is -2.22. The molecule has 0 amide bonds. The number of carbonyl (C=O) groups is 3. The van der Waals surface area contributed by atoms with Crippen molar-refractivity contribution < 1.29 is 34.1 Å². The molecule has 0 radical (unpaired) electrons. The normalized spacial score (nSPS) is 10.6. The van der Waals surface area contributed by atoms with Gasteiger partial charge in [-0.15, -0.1) is 0 Å². The summed E-state index contributed by atoms with van der Waals surface area (Å²) in [6.07, 6.45) is 0.200. The molecule has 0 saturated heterocycles. The van der Waals surface area contributed by atoms with E-state index in [-0.39, 0.29) is 17.8 Å². The maximum absolute atomic E-state index is 11.5. The van der Waals surface area contributed by atoms with Crippen molar-refractivity contribution in [2.45, 2.75) is 32.8 Å². The number of hydrogen-bond acceptors (Lipinski definition) is 7. The van der Waals surface area contributed by atoms with Crippen LogP contribution in [0.25, 0.3) is 0 Å². The van der Waals surface area contributed by atoms with Crippen molar-refractivity contribution in [2.75, 3.05) is 13.2 Å². The van der Waals surface area contributed by atoms with Crippen molar-refractivity contribution in [1.82, 2.24) is 0 Å². The lowest BCUT2D eigenvalue weighted by molar-refractivity contribution is -0.154. The highest BCUT2D eigenvalue weighted by molar-refractivity contribution is 6.00. The fraction of sp³-hybridized carbons (Fsp3) is 0.318. The van der Waals surface area contributed by atoms with Crippen LogP contribution >= 0.6 is 0 Å². The predicted molar refractivity (Wildman–Crippen MR) is 109 cm³/mol. The Labute approximate surface area is 171 Å². The second-order valence-electron chi connectivity index (χ2n) is 6.26. The summed E-state index contributed by atoms with van der Waals surface area (Å²) < 4.78 is 9.09. The molecule has 1 unspecified atom stereocenters. The van der Waals surface area contributed by atoms with Gasteiger partial charge in [0, 0.05) is 16.7 Å². The van der Waals surface area contributed by atoms with Crippen molar-refractivity contribution >= 4 is 17.9 Å². The van der Waals surface area contributed by atoms with E-state index in [4.69, 9.17) is 14.9 Å². The third kappa shape index (κ3) is 12.1. The summed E-state index contributed by atoms with van der Waals surface area (Å²) >= 11 is 0. The molecule has 0 aromatic heterocycles. The maximum atomic E-state index is 11.5. The molecular weight excluding hydrogens is 376 g/mol. The van der Waals surface area contributed by atoms with Crippen LogP contribution in [0.1, 0.15) is 25.8 Å². The zero-order chi connectivity index (χ0) is 22.4. The summed E-state index contributed by atoms with van der Waals surface area (Å²) in [5.41, 5.74) is 1.88. The first-order valence-corrected chi connectivity index (χ1v) is 8.83. The van der Waals surface area contributed by atoms with E-state index in [1.807, 2.05) is 30.3 Å². The summed E-state index contributed by atoms with van der Waals surface area (Å²) in [5.74, 6) is -1.95. The number of aliphatic hydroxyl groups is 2. The number of rotatable bonds is 9. The summed E-state index contributed by atoms with van der Waals surface area (Å²) in [6.45, 7) is 12.6. The van der Waals surface area contributed by atoms with Crippen LogP contribution in [0, 0.1) is 0 Å². The fourth-order valence-corrected chi connectivity index (χ4v) is 1.63. The second kappa shape index (κ2) is 14.0. The van der Waals surface area contributed by atoms with Gasteiger partial charge in [0.1, 0.15) is 12.7 Å². The maximum Gasteiger partial charge on any atom is 0.340 e. The molecule has 1 rings (SSSR count). The minimum absolute atomic E-state index is 0.194. The van der Waals surface area contributed by atoms with Crippen LogP contribution in [0.3, 0.4) is 0 Å². The van der Waals surface area contributed by atoms with E-state index in [2.05, 4.69) is 24.5 Å². The first-order valence-electron chi connectivity index (χ1n) is 8.83. The number of carbonyl (C=O) groups excluding carboxylic acids is 3. The number of esters is 3. The summed E-state index contributed by atoms with van der Waals surface area (Å²) in [4.78, 5) is 32.8. The van der Waals surface area contributed by atoms with Gasteiger partial charge in [0.05, 0.1) is 6.61 Å². The Kier molecular flexibility index (Phi) is 12.6. The van der Waals surface area contributed by atoms with Gasteiger partial charge in [0.2, 0.25) is 0 Å². The Balaban J connectivity index is 0.000000614. The average molecular weight is 404 g/mol. The van der Waals surface area contributed by atoms with Gasteiger partial charge in [0.15, 0.2) is 0 Å². The summed E-state index contributed by atoms with van der Waals surface area (Å²) in [6, 6.07) is 9.77. The van der Waals surface area contributed by atoms with Gasteiger partial charge in [-0.2, -0.15) is 0 Å². The van der Waals surface area contributed by atoms with Crippen LogP contribution in [0.5, 0.6) is 0 Å². The Hall–Kier alpha value is -3.03. The van der Waals surface area contributed by atoms with E-state index >= 15 is 0 Å². The van der Waals surface area contributed by atoms with Crippen molar-refractivity contribution in [1.29, 1.82) is 0 Å². The number of hydrogen-bond donors (Lipinski definition) is 2. The molecule has 1 atom stereocenters. The Morgan fingerprint density at radius 1 is 0.966 bits per heavy atom. The topological polar surface area (TPSA) is 110 Å². The van der Waals surface area contributed by atoms with Gasteiger partial charge >= 0.3 is 17.9 Å². The molecule has 0 bridgehead atoms. The van der Waals surface area contributed by atoms with Crippen LogP contribution in [0.2, 0.25) is 0 Å². The van der Waals surface area contributed by atoms with Crippen LogP contribution in [-0.4, -0.2) is 47.4 Å². The lowest BCUT2D eigenvalue weighted by atomic mass is 10.1. The predicted octanol–water partition coefficient (Wildman–Crippen LogP) is 2.28. The highest BCUT2D eigenvalue weighted by atomic mass is 16.6. The van der Waals surface area contributed by atoms with Crippen LogP contribution in [-0.2, 0) is 30.3 Å². The number of aliphatic hydroxyl groups excluding tert-OH is 2. The molecule has 0 aliphatic rings. The van der Waals surface area contributed by atoms with Crippen LogP contribution in [0.4, 0.5) is 0 Å². The fourth-order valence-electron chi connectivity index (χ4n) is 1.63. The van der Waals surface area contributed by atoms with E-state index < -0.39 is 30.6 Å². The van der Waals surface area contributed by atoms with Gasteiger partial charge in [-0.1, -0.05) is 50.1 Å². The zero-order valence-electron chi connectivity index (χ0n) is 16.8. The molecule has 0 saturated carbocycles. The number of benzene rings is 1. The monoisotopic (exact) mass is 404 g/mol. The van der Waals surface area contributed by atoms with E-state index in [1.165, 1.54) is 13.8 Å². The van der Waals surface area contributed by atoms with Crippen molar-refractivity contribution in [2.24, 2.45) is 0 Å². The minimum Gasteiger partial charge on any atom is -0.459 e. The van der Waals surface area contributed by atoms with E-state index in [0.717, 1.165) is 12.0 Å². The van der Waals surface area contributed by atoms with Crippen LogP contribution in [0.15, 0.2) is 66.8 Å². The largest absolute Gasteiger partial charge is 0.459 e. The number of aryl methyl sites for hydroxylation is 1. The van der Waals surface area contributed by atoms with Gasteiger partial charge in [-0.05, 0) is 32.3 Å². The Morgan fingerprint density at radius 3 is 1.93 bits per heavy atom. The standard InChI is InChI=1S/C14H18O4.C8H10O3/c1-11(14(17)18-10-13(16)9-15)7-8-12-5-3-2-4-6-12;1-5(2)7(9)11-8(10)6(3)4/h2-6,13,15-16H,1,7-10H2;1,3H2,2,4H3. The van der Waals surface area contributed by atoms with Crippen LogP contribution < -0.4 is 0 Å².